The quantitative estimate of drug-likeness (QED) is 0.408. The van der Waals surface area contributed by atoms with E-state index < -0.39 is 0 Å². The van der Waals surface area contributed by atoms with Gasteiger partial charge in [-0.2, -0.15) is 0 Å². The molecule has 0 unspecified atom stereocenters. The van der Waals surface area contributed by atoms with Gasteiger partial charge < -0.3 is 11.1 Å². The Morgan fingerprint density at radius 3 is 2.79 bits per heavy atom. The summed E-state index contributed by atoms with van der Waals surface area (Å²) in [5, 5.41) is 5.75. The molecule has 0 spiro atoms. The summed E-state index contributed by atoms with van der Waals surface area (Å²) in [5.74, 6) is 0.283. The number of nitrogens with two attached hydrogens (primary N) is 1. The Kier molecular flexibility index (Phi) is 6.60. The number of benzene rings is 2. The molecule has 0 aliphatic carbocycles. The van der Waals surface area contributed by atoms with E-state index in [1.54, 1.807) is 6.20 Å². The van der Waals surface area contributed by atoms with Crippen LogP contribution in [0, 0.1) is 0 Å². The fourth-order valence-corrected chi connectivity index (χ4v) is 5.03. The molecule has 5 rings (SSSR count). The van der Waals surface area contributed by atoms with Crippen LogP contribution in [0.1, 0.15) is 35.2 Å². The van der Waals surface area contributed by atoms with Crippen molar-refractivity contribution in [2.24, 2.45) is 0 Å². The molecular weight excluding hydrogens is 444 g/mol. The zero-order valence-corrected chi connectivity index (χ0v) is 19.6. The van der Waals surface area contributed by atoms with Crippen molar-refractivity contribution in [1.29, 1.82) is 0 Å². The summed E-state index contributed by atoms with van der Waals surface area (Å²) < 4.78 is 0. The van der Waals surface area contributed by atoms with Gasteiger partial charge in [0.05, 0.1) is 11.3 Å². The lowest BCUT2D eigenvalue weighted by molar-refractivity contribution is 0.102. The molecule has 0 saturated carbocycles. The predicted octanol–water partition coefficient (Wildman–Crippen LogP) is 5.09. The summed E-state index contributed by atoms with van der Waals surface area (Å²) in [6, 6.07) is 15.6. The van der Waals surface area contributed by atoms with Crippen LogP contribution in [0.25, 0.3) is 21.8 Å². The normalized spacial score (nSPS) is 14.1. The van der Waals surface area contributed by atoms with Crippen LogP contribution in [0.4, 0.5) is 11.5 Å². The third kappa shape index (κ3) is 5.13. The van der Waals surface area contributed by atoms with Crippen molar-refractivity contribution >= 4 is 28.7 Å². The standard InChI is InChI=1S/C26H26N6OS/c27-24-22(14-28-17-29-24)26-31-23(16-34-26)19-7-5-9-21(13-19)30-25(33)20-8-4-6-18(12-20)15-32-10-2-1-3-11-32/h4-9,12-14,16-17H,1-3,10-11,15H2,(H,30,33)(H2,27,28,29). The smallest absolute Gasteiger partial charge is 0.255 e. The van der Waals surface area contributed by atoms with Crippen LogP contribution in [-0.4, -0.2) is 38.8 Å². The van der Waals surface area contributed by atoms with Crippen LogP contribution in [-0.2, 0) is 6.54 Å². The highest BCUT2D eigenvalue weighted by molar-refractivity contribution is 7.13. The van der Waals surface area contributed by atoms with Crippen molar-refractivity contribution in [3.05, 3.63) is 77.6 Å². The molecule has 2 aromatic carbocycles. The largest absolute Gasteiger partial charge is 0.383 e. The molecular formula is C26H26N6OS. The third-order valence-electron chi connectivity index (χ3n) is 5.94. The van der Waals surface area contributed by atoms with Crippen molar-refractivity contribution in [1.82, 2.24) is 19.9 Å². The van der Waals surface area contributed by atoms with Gasteiger partial charge in [-0.1, -0.05) is 30.7 Å². The molecule has 0 radical (unpaired) electrons. The first-order valence-corrected chi connectivity index (χ1v) is 12.3. The molecule has 1 aliphatic rings. The average Bonchev–Trinajstić information content (AvgIpc) is 3.35. The Morgan fingerprint density at radius 1 is 1.09 bits per heavy atom. The van der Waals surface area contributed by atoms with Crippen molar-refractivity contribution in [3.8, 4) is 21.8 Å². The molecule has 2 aromatic heterocycles. The van der Waals surface area contributed by atoms with Crippen molar-refractivity contribution in [3.63, 3.8) is 0 Å². The number of amides is 1. The molecule has 34 heavy (non-hydrogen) atoms. The first-order chi connectivity index (χ1) is 16.7. The Hall–Kier alpha value is -3.62. The number of aromatic nitrogens is 3. The number of hydrogen-bond donors (Lipinski definition) is 2. The molecule has 172 valence electrons. The van der Waals surface area contributed by atoms with Crippen molar-refractivity contribution in [2.75, 3.05) is 24.1 Å². The van der Waals surface area contributed by atoms with Gasteiger partial charge in [-0.25, -0.2) is 15.0 Å². The van der Waals surface area contributed by atoms with E-state index in [1.807, 2.05) is 47.8 Å². The molecule has 4 aromatic rings. The van der Waals surface area contributed by atoms with Gasteiger partial charge >= 0.3 is 0 Å². The van der Waals surface area contributed by atoms with E-state index in [4.69, 9.17) is 10.7 Å². The Bertz CT molecular complexity index is 1300. The highest BCUT2D eigenvalue weighted by atomic mass is 32.1. The molecule has 1 saturated heterocycles. The summed E-state index contributed by atoms with van der Waals surface area (Å²) in [5.41, 5.74) is 11.0. The van der Waals surface area contributed by atoms with Gasteiger partial charge in [0, 0.05) is 34.9 Å². The number of carbonyl (C=O) groups is 1. The predicted molar refractivity (Wildman–Crippen MR) is 137 cm³/mol. The minimum absolute atomic E-state index is 0.120. The first kappa shape index (κ1) is 22.2. The fourth-order valence-electron chi connectivity index (χ4n) is 4.18. The highest BCUT2D eigenvalue weighted by Gasteiger charge is 2.14. The molecule has 7 nitrogen and oxygen atoms in total. The summed E-state index contributed by atoms with van der Waals surface area (Å²) in [6.07, 6.45) is 6.91. The SMILES string of the molecule is Nc1ncncc1-c1nc(-c2cccc(NC(=O)c3cccc(CN4CCCCC4)c3)c2)cs1. The number of likely N-dealkylation sites (tertiary alicyclic amines) is 1. The van der Waals surface area contributed by atoms with E-state index in [-0.39, 0.29) is 5.91 Å². The van der Waals surface area contributed by atoms with Gasteiger partial charge in [0.25, 0.3) is 5.91 Å². The molecule has 1 amide bonds. The summed E-state index contributed by atoms with van der Waals surface area (Å²) in [4.78, 5) is 28.2. The van der Waals surface area contributed by atoms with Gasteiger partial charge in [0.15, 0.2) is 0 Å². The second-order valence-corrected chi connectivity index (χ2v) is 9.29. The lowest BCUT2D eigenvalue weighted by Gasteiger charge is -2.26. The number of nitrogen functional groups attached to an aromatic ring is 1. The number of thiazole rings is 1. The van der Waals surface area contributed by atoms with Gasteiger partial charge in [0.1, 0.15) is 17.2 Å². The Morgan fingerprint density at radius 2 is 1.94 bits per heavy atom. The highest BCUT2D eigenvalue weighted by Crippen LogP contribution is 2.31. The summed E-state index contributed by atoms with van der Waals surface area (Å²) >= 11 is 1.48. The van der Waals surface area contributed by atoms with Crippen LogP contribution in [0.3, 0.4) is 0 Å². The van der Waals surface area contributed by atoms with Crippen LogP contribution in [0.2, 0.25) is 0 Å². The molecule has 1 fully saturated rings. The Labute approximate surface area is 202 Å². The van der Waals surface area contributed by atoms with Crippen LogP contribution >= 0.6 is 11.3 Å². The number of anilines is 2. The van der Waals surface area contributed by atoms with Crippen LogP contribution < -0.4 is 11.1 Å². The van der Waals surface area contributed by atoms with Gasteiger partial charge in [-0.15, -0.1) is 11.3 Å². The zero-order chi connectivity index (χ0) is 23.3. The van der Waals surface area contributed by atoms with E-state index in [0.717, 1.165) is 41.6 Å². The Balaban J connectivity index is 1.29. The maximum Gasteiger partial charge on any atom is 0.255 e. The monoisotopic (exact) mass is 470 g/mol. The van der Waals surface area contributed by atoms with Crippen molar-refractivity contribution < 1.29 is 4.79 Å². The third-order valence-corrected chi connectivity index (χ3v) is 6.81. The van der Waals surface area contributed by atoms with E-state index >= 15 is 0 Å². The first-order valence-electron chi connectivity index (χ1n) is 11.4. The van der Waals surface area contributed by atoms with E-state index in [9.17, 15) is 4.79 Å². The number of nitrogens with one attached hydrogen (secondary N) is 1. The van der Waals surface area contributed by atoms with Gasteiger partial charge in [0.2, 0.25) is 0 Å². The van der Waals surface area contributed by atoms with E-state index in [0.29, 0.717) is 16.9 Å². The van der Waals surface area contributed by atoms with E-state index in [2.05, 4.69) is 26.3 Å². The van der Waals surface area contributed by atoms with Gasteiger partial charge in [-0.05, 0) is 55.8 Å². The summed E-state index contributed by atoms with van der Waals surface area (Å²) in [7, 11) is 0. The molecule has 0 bridgehead atoms. The lowest BCUT2D eigenvalue weighted by Crippen LogP contribution is -2.29. The fraction of sp³-hybridized carbons (Fsp3) is 0.231. The molecule has 3 N–H and O–H groups in total. The van der Waals surface area contributed by atoms with Crippen molar-refractivity contribution in [2.45, 2.75) is 25.8 Å². The van der Waals surface area contributed by atoms with Crippen LogP contribution in [0.5, 0.6) is 0 Å². The number of hydrogen-bond acceptors (Lipinski definition) is 7. The van der Waals surface area contributed by atoms with E-state index in [1.165, 1.54) is 42.5 Å². The second kappa shape index (κ2) is 10.1. The molecule has 0 atom stereocenters. The lowest BCUT2D eigenvalue weighted by atomic mass is 10.1. The average molecular weight is 471 g/mol. The number of nitrogens with zero attached hydrogens (tertiary/aromatic N) is 4. The number of piperidine rings is 1. The minimum atomic E-state index is -0.120. The minimum Gasteiger partial charge on any atom is -0.383 e. The number of carbonyl (C=O) groups excluding carboxylic acids is 1. The number of rotatable bonds is 6. The maximum atomic E-state index is 13.0. The summed E-state index contributed by atoms with van der Waals surface area (Å²) in [6.45, 7) is 3.15. The maximum absolute atomic E-state index is 13.0. The van der Waals surface area contributed by atoms with Gasteiger partial charge in [-0.3, -0.25) is 9.69 Å². The van der Waals surface area contributed by atoms with Crippen LogP contribution in [0.15, 0.2) is 66.4 Å². The molecule has 3 heterocycles. The second-order valence-electron chi connectivity index (χ2n) is 8.43. The molecule has 1 aliphatic heterocycles. The molecule has 8 heteroatoms. The zero-order valence-electron chi connectivity index (χ0n) is 18.8. The topological polar surface area (TPSA) is 97.0 Å².